The molecule has 1 aliphatic rings. The predicted molar refractivity (Wildman–Crippen MR) is 133 cm³/mol. The summed E-state index contributed by atoms with van der Waals surface area (Å²) in [5.41, 5.74) is -0.727. The molecule has 1 aliphatic heterocycles. The Morgan fingerprint density at radius 2 is 1.64 bits per heavy atom. The number of methoxy groups -OCH3 is 3. The molecule has 0 bridgehead atoms. The Labute approximate surface area is 218 Å². The molecule has 2 aromatic carbocycles. The summed E-state index contributed by atoms with van der Waals surface area (Å²) >= 11 is 12.4. The summed E-state index contributed by atoms with van der Waals surface area (Å²) in [6.07, 6.45) is -1.28. The van der Waals surface area contributed by atoms with E-state index in [1.165, 1.54) is 44.4 Å². The first-order chi connectivity index (χ1) is 17.0. The molecule has 0 aliphatic carbocycles. The lowest BCUT2D eigenvalue weighted by atomic mass is 10.00. The molecular weight excluding hydrogens is 515 g/mol. The lowest BCUT2D eigenvalue weighted by Crippen LogP contribution is -2.58. The van der Waals surface area contributed by atoms with Crippen LogP contribution in [0.2, 0.25) is 10.0 Å². The van der Waals surface area contributed by atoms with Crippen LogP contribution in [-0.4, -0.2) is 72.8 Å². The molecule has 11 nitrogen and oxygen atoms in total. The maximum absolute atomic E-state index is 13.5. The largest absolute Gasteiger partial charge is 0.495 e. The number of esters is 1. The quantitative estimate of drug-likeness (QED) is 0.302. The van der Waals surface area contributed by atoms with Crippen LogP contribution in [-0.2, 0) is 9.53 Å². The number of hydroxylamine groups is 2. The standard InChI is InChI=1S/C23H26Cl2N4O7/c1-23(2)20(29(33)21(31)26-13-6-8-17(34-3)15(24)10-13)28(22(32)27(23)12-19(30)36-5)14-7-9-18(35-4)16(25)11-14/h6-11,20,33H,12H2,1-5H3,(H,26,31). The van der Waals surface area contributed by atoms with Crippen molar-refractivity contribution >= 4 is 52.6 Å². The van der Waals surface area contributed by atoms with Crippen LogP contribution in [0.4, 0.5) is 21.0 Å². The fraction of sp³-hybridized carbons (Fsp3) is 0.348. The highest BCUT2D eigenvalue weighted by molar-refractivity contribution is 6.32. The summed E-state index contributed by atoms with van der Waals surface area (Å²) in [5.74, 6) is 0.0925. The van der Waals surface area contributed by atoms with Crippen molar-refractivity contribution in [3.05, 3.63) is 46.4 Å². The van der Waals surface area contributed by atoms with Crippen molar-refractivity contribution in [3.63, 3.8) is 0 Å². The number of amides is 4. The van der Waals surface area contributed by atoms with E-state index in [9.17, 15) is 19.6 Å². The second-order valence-corrected chi connectivity index (χ2v) is 9.10. The van der Waals surface area contributed by atoms with Gasteiger partial charge < -0.3 is 24.4 Å². The number of nitrogens with zero attached hydrogens (tertiary/aromatic N) is 3. The number of benzene rings is 2. The first kappa shape index (κ1) is 27.2. The maximum Gasteiger partial charge on any atom is 0.347 e. The molecule has 1 fully saturated rings. The Balaban J connectivity index is 2.01. The second kappa shape index (κ2) is 10.7. The number of hydrogen-bond acceptors (Lipinski definition) is 7. The first-order valence-corrected chi connectivity index (χ1v) is 11.4. The van der Waals surface area contributed by atoms with Crippen LogP contribution in [0.15, 0.2) is 36.4 Å². The van der Waals surface area contributed by atoms with Crippen molar-refractivity contribution in [2.45, 2.75) is 25.6 Å². The zero-order chi connectivity index (χ0) is 26.8. The Bertz CT molecular complexity index is 1180. The molecule has 1 heterocycles. The van der Waals surface area contributed by atoms with Gasteiger partial charge >= 0.3 is 18.0 Å². The van der Waals surface area contributed by atoms with Crippen LogP contribution in [0.1, 0.15) is 13.8 Å². The average molecular weight is 541 g/mol. The molecular formula is C23H26Cl2N4O7. The SMILES string of the molecule is COC(=O)CN1C(=O)N(c2ccc(OC)c(Cl)c2)C(N(O)C(=O)Nc2ccc(OC)c(Cl)c2)C1(C)C. The molecule has 1 unspecified atom stereocenters. The predicted octanol–water partition coefficient (Wildman–Crippen LogP) is 4.45. The van der Waals surface area contributed by atoms with Gasteiger partial charge in [-0.1, -0.05) is 23.2 Å². The summed E-state index contributed by atoms with van der Waals surface area (Å²) in [5, 5.41) is 14.4. The zero-order valence-electron chi connectivity index (χ0n) is 20.2. The Morgan fingerprint density at radius 1 is 1.06 bits per heavy atom. The van der Waals surface area contributed by atoms with Gasteiger partial charge in [0.2, 0.25) is 0 Å². The molecule has 0 spiro atoms. The van der Waals surface area contributed by atoms with Gasteiger partial charge in [-0.3, -0.25) is 14.9 Å². The third-order valence-corrected chi connectivity index (χ3v) is 6.37. The molecule has 4 amide bonds. The fourth-order valence-electron chi connectivity index (χ4n) is 3.90. The molecule has 1 saturated heterocycles. The van der Waals surface area contributed by atoms with Gasteiger partial charge in [0.05, 0.1) is 36.9 Å². The molecule has 2 aromatic rings. The number of ether oxygens (including phenoxy) is 3. The van der Waals surface area contributed by atoms with E-state index in [4.69, 9.17) is 37.4 Å². The minimum atomic E-state index is -1.28. The Morgan fingerprint density at radius 3 is 2.17 bits per heavy atom. The van der Waals surface area contributed by atoms with E-state index in [1.807, 2.05) is 0 Å². The van der Waals surface area contributed by atoms with Crippen LogP contribution in [0.3, 0.4) is 0 Å². The number of nitrogens with one attached hydrogen (secondary N) is 1. The van der Waals surface area contributed by atoms with E-state index in [0.29, 0.717) is 16.6 Å². The van der Waals surface area contributed by atoms with E-state index >= 15 is 0 Å². The van der Waals surface area contributed by atoms with Crippen molar-refractivity contribution < 1.29 is 33.8 Å². The van der Waals surface area contributed by atoms with Gasteiger partial charge in [-0.2, -0.15) is 5.06 Å². The zero-order valence-corrected chi connectivity index (χ0v) is 21.8. The summed E-state index contributed by atoms with van der Waals surface area (Å²) in [6.45, 7) is 2.79. The molecule has 1 atom stereocenters. The van der Waals surface area contributed by atoms with Crippen molar-refractivity contribution in [3.8, 4) is 11.5 Å². The molecule has 36 heavy (non-hydrogen) atoms. The smallest absolute Gasteiger partial charge is 0.347 e. The van der Waals surface area contributed by atoms with Gasteiger partial charge in [0.1, 0.15) is 18.0 Å². The van der Waals surface area contributed by atoms with Crippen LogP contribution in [0, 0.1) is 0 Å². The summed E-state index contributed by atoms with van der Waals surface area (Å²) in [6, 6.07) is 7.46. The number of carbonyl (C=O) groups excluding carboxylic acids is 3. The number of carbonyl (C=O) groups is 3. The van der Waals surface area contributed by atoms with Gasteiger partial charge in [-0.25, -0.2) is 9.59 Å². The highest BCUT2D eigenvalue weighted by atomic mass is 35.5. The maximum atomic E-state index is 13.5. The molecule has 13 heteroatoms. The van der Waals surface area contributed by atoms with Gasteiger partial charge in [-0.05, 0) is 50.2 Å². The van der Waals surface area contributed by atoms with Gasteiger partial charge in [0.15, 0.2) is 6.17 Å². The van der Waals surface area contributed by atoms with Gasteiger partial charge in [0.25, 0.3) is 0 Å². The monoisotopic (exact) mass is 540 g/mol. The fourth-order valence-corrected chi connectivity index (χ4v) is 4.41. The molecule has 3 rings (SSSR count). The minimum Gasteiger partial charge on any atom is -0.495 e. The highest BCUT2D eigenvalue weighted by Gasteiger charge is 2.56. The van der Waals surface area contributed by atoms with Crippen LogP contribution < -0.4 is 19.7 Å². The lowest BCUT2D eigenvalue weighted by molar-refractivity contribution is -0.143. The van der Waals surface area contributed by atoms with Crippen LogP contribution in [0.25, 0.3) is 0 Å². The van der Waals surface area contributed by atoms with E-state index in [0.717, 1.165) is 4.90 Å². The van der Waals surface area contributed by atoms with E-state index < -0.39 is 36.3 Å². The number of anilines is 2. The number of halogens is 2. The normalized spacial score (nSPS) is 16.6. The first-order valence-electron chi connectivity index (χ1n) is 10.6. The third-order valence-electron chi connectivity index (χ3n) is 5.78. The van der Waals surface area contributed by atoms with Gasteiger partial charge in [-0.15, -0.1) is 0 Å². The summed E-state index contributed by atoms with van der Waals surface area (Å²) < 4.78 is 15.0. The molecule has 2 N–H and O–H groups in total. The van der Waals surface area contributed by atoms with Crippen molar-refractivity contribution in [1.82, 2.24) is 9.96 Å². The third kappa shape index (κ3) is 5.08. The molecule has 0 saturated carbocycles. The Hall–Kier alpha value is -3.41. The van der Waals surface area contributed by atoms with Crippen LogP contribution >= 0.6 is 23.2 Å². The molecule has 0 radical (unpaired) electrons. The van der Waals surface area contributed by atoms with E-state index in [2.05, 4.69) is 5.32 Å². The topological polar surface area (TPSA) is 121 Å². The molecule has 194 valence electrons. The number of urea groups is 2. The van der Waals surface area contributed by atoms with E-state index in [-0.39, 0.29) is 21.4 Å². The lowest BCUT2D eigenvalue weighted by Gasteiger charge is -2.38. The molecule has 0 aromatic heterocycles. The highest BCUT2D eigenvalue weighted by Crippen LogP contribution is 2.40. The van der Waals surface area contributed by atoms with Crippen molar-refractivity contribution in [2.75, 3.05) is 38.1 Å². The number of rotatable bonds is 7. The van der Waals surface area contributed by atoms with Crippen molar-refractivity contribution in [2.24, 2.45) is 0 Å². The van der Waals surface area contributed by atoms with Gasteiger partial charge in [0, 0.05) is 11.4 Å². The second-order valence-electron chi connectivity index (χ2n) is 8.29. The number of hydrogen-bond donors (Lipinski definition) is 2. The average Bonchev–Trinajstić information content (AvgIpc) is 3.03. The van der Waals surface area contributed by atoms with E-state index in [1.54, 1.807) is 32.0 Å². The summed E-state index contributed by atoms with van der Waals surface area (Å²) in [4.78, 5) is 41.0. The van der Waals surface area contributed by atoms with Crippen LogP contribution in [0.5, 0.6) is 11.5 Å². The Kier molecular flexibility index (Phi) is 8.07. The summed E-state index contributed by atoms with van der Waals surface area (Å²) in [7, 11) is 4.09. The minimum absolute atomic E-state index is 0.201. The van der Waals surface area contributed by atoms with Crippen molar-refractivity contribution in [1.29, 1.82) is 0 Å².